The minimum absolute atomic E-state index is 0.204. The van der Waals surface area contributed by atoms with Crippen molar-refractivity contribution in [2.75, 3.05) is 6.54 Å². The third-order valence-corrected chi connectivity index (χ3v) is 3.24. The van der Waals surface area contributed by atoms with Gasteiger partial charge in [-0.25, -0.2) is 4.79 Å². The zero-order valence-electron chi connectivity index (χ0n) is 8.82. The Kier molecular flexibility index (Phi) is 3.10. The van der Waals surface area contributed by atoms with Crippen LogP contribution in [0, 0.1) is 11.3 Å². The minimum atomic E-state index is -0.220. The van der Waals surface area contributed by atoms with Crippen LogP contribution in [0.3, 0.4) is 0 Å². The average Bonchev–Trinajstić information content (AvgIpc) is 2.61. The lowest BCUT2D eigenvalue weighted by Gasteiger charge is -2.28. The molecular weight excluding hydrogens is 192 g/mol. The van der Waals surface area contributed by atoms with Crippen LogP contribution in [0.4, 0.5) is 4.79 Å². The van der Waals surface area contributed by atoms with Crippen molar-refractivity contribution in [3.05, 3.63) is 0 Å². The van der Waals surface area contributed by atoms with Crippen molar-refractivity contribution < 1.29 is 9.53 Å². The molecule has 2 rings (SSSR count). The molecule has 2 fully saturated rings. The van der Waals surface area contributed by atoms with Crippen LogP contribution in [-0.4, -0.2) is 29.7 Å². The summed E-state index contributed by atoms with van der Waals surface area (Å²) in [4.78, 5) is 13.4. The number of ether oxygens (including phenoxy) is 1. The van der Waals surface area contributed by atoms with Gasteiger partial charge in [0.25, 0.3) is 0 Å². The second kappa shape index (κ2) is 4.52. The normalized spacial score (nSPS) is 27.5. The number of carbonyl (C=O) groups is 1. The summed E-state index contributed by atoms with van der Waals surface area (Å²) in [6.07, 6.45) is 5.76. The van der Waals surface area contributed by atoms with Crippen molar-refractivity contribution in [2.24, 2.45) is 0 Å². The van der Waals surface area contributed by atoms with Crippen molar-refractivity contribution in [3.63, 3.8) is 0 Å². The molecule has 82 valence electrons. The highest BCUT2D eigenvalue weighted by Crippen LogP contribution is 2.26. The number of rotatable bonds is 2. The van der Waals surface area contributed by atoms with Gasteiger partial charge in [-0.05, 0) is 12.8 Å². The fourth-order valence-corrected chi connectivity index (χ4v) is 2.44. The standard InChI is InChI=1S/C11H16N2O2/c12-7-6-10-8-13(11(14)15-10)9-4-2-1-3-5-9/h9-10H,1-6,8H2. The Hall–Kier alpha value is -1.24. The maximum Gasteiger partial charge on any atom is 0.410 e. The molecule has 1 amide bonds. The monoisotopic (exact) mass is 208 g/mol. The summed E-state index contributed by atoms with van der Waals surface area (Å²) in [5.74, 6) is 0. The molecule has 2 aliphatic rings. The molecule has 4 heteroatoms. The summed E-state index contributed by atoms with van der Waals surface area (Å²) in [6, 6.07) is 2.41. The van der Waals surface area contributed by atoms with E-state index in [1.807, 2.05) is 11.0 Å². The summed E-state index contributed by atoms with van der Waals surface area (Å²) >= 11 is 0. The highest BCUT2D eigenvalue weighted by atomic mass is 16.6. The van der Waals surface area contributed by atoms with E-state index < -0.39 is 0 Å². The van der Waals surface area contributed by atoms with Crippen LogP contribution in [0.5, 0.6) is 0 Å². The number of cyclic esters (lactones) is 1. The average molecular weight is 208 g/mol. The molecule has 1 atom stereocenters. The van der Waals surface area contributed by atoms with Gasteiger partial charge in [-0.15, -0.1) is 0 Å². The second-order valence-corrected chi connectivity index (χ2v) is 4.31. The molecule has 0 N–H and O–H groups in total. The summed E-state index contributed by atoms with van der Waals surface area (Å²) < 4.78 is 5.13. The third kappa shape index (κ3) is 2.23. The van der Waals surface area contributed by atoms with Crippen LogP contribution in [-0.2, 0) is 4.74 Å². The summed E-state index contributed by atoms with van der Waals surface area (Å²) in [7, 11) is 0. The second-order valence-electron chi connectivity index (χ2n) is 4.31. The predicted molar refractivity (Wildman–Crippen MR) is 54.1 cm³/mol. The number of hydrogen-bond acceptors (Lipinski definition) is 3. The van der Waals surface area contributed by atoms with Gasteiger partial charge < -0.3 is 9.64 Å². The maximum atomic E-state index is 11.6. The first-order valence-corrected chi connectivity index (χ1v) is 5.65. The van der Waals surface area contributed by atoms with Gasteiger partial charge >= 0.3 is 6.09 Å². The topological polar surface area (TPSA) is 53.3 Å². The maximum absolute atomic E-state index is 11.6. The summed E-state index contributed by atoms with van der Waals surface area (Å²) in [5.41, 5.74) is 0. The van der Waals surface area contributed by atoms with Crippen LogP contribution in [0.2, 0.25) is 0 Å². The summed E-state index contributed by atoms with van der Waals surface area (Å²) in [6.45, 7) is 0.608. The molecule has 1 aliphatic heterocycles. The fraction of sp³-hybridized carbons (Fsp3) is 0.818. The van der Waals surface area contributed by atoms with Gasteiger partial charge in [-0.2, -0.15) is 5.26 Å². The van der Waals surface area contributed by atoms with Crippen molar-refractivity contribution in [1.82, 2.24) is 4.90 Å². The molecule has 0 aromatic carbocycles. The van der Waals surface area contributed by atoms with E-state index in [0.717, 1.165) is 12.8 Å². The lowest BCUT2D eigenvalue weighted by atomic mass is 9.94. The van der Waals surface area contributed by atoms with Gasteiger partial charge in [0.2, 0.25) is 0 Å². The van der Waals surface area contributed by atoms with Gasteiger partial charge in [0, 0.05) is 6.04 Å². The Morgan fingerprint density at radius 1 is 1.40 bits per heavy atom. The first-order chi connectivity index (χ1) is 7.31. The quantitative estimate of drug-likeness (QED) is 0.697. The lowest BCUT2D eigenvalue weighted by Crippen LogP contribution is -2.37. The van der Waals surface area contributed by atoms with Crippen molar-refractivity contribution in [1.29, 1.82) is 5.26 Å². The van der Waals surface area contributed by atoms with E-state index in [4.69, 9.17) is 10.00 Å². The molecule has 1 heterocycles. The molecule has 1 aliphatic carbocycles. The number of nitrogens with zero attached hydrogens (tertiary/aromatic N) is 2. The fourth-order valence-electron chi connectivity index (χ4n) is 2.44. The van der Waals surface area contributed by atoms with Crippen molar-refractivity contribution in [2.45, 2.75) is 50.7 Å². The minimum Gasteiger partial charge on any atom is -0.443 e. The van der Waals surface area contributed by atoms with Gasteiger partial charge in [0.05, 0.1) is 19.0 Å². The smallest absolute Gasteiger partial charge is 0.410 e. The molecule has 4 nitrogen and oxygen atoms in total. The lowest BCUT2D eigenvalue weighted by molar-refractivity contribution is 0.124. The third-order valence-electron chi connectivity index (χ3n) is 3.24. The van der Waals surface area contributed by atoms with Gasteiger partial charge in [-0.1, -0.05) is 19.3 Å². The van der Waals surface area contributed by atoms with Crippen LogP contribution in [0.15, 0.2) is 0 Å². The highest BCUT2D eigenvalue weighted by Gasteiger charge is 2.36. The van der Waals surface area contributed by atoms with Crippen molar-refractivity contribution in [3.8, 4) is 6.07 Å². The Morgan fingerprint density at radius 3 is 2.80 bits per heavy atom. The van der Waals surface area contributed by atoms with E-state index in [9.17, 15) is 4.79 Å². The molecule has 0 spiro atoms. The van der Waals surface area contributed by atoms with E-state index in [0.29, 0.717) is 19.0 Å². The number of amides is 1. The molecule has 0 radical (unpaired) electrons. The molecule has 0 aromatic heterocycles. The molecular formula is C11H16N2O2. The van der Waals surface area contributed by atoms with Gasteiger partial charge in [0.15, 0.2) is 0 Å². The largest absolute Gasteiger partial charge is 0.443 e. The van der Waals surface area contributed by atoms with Gasteiger partial charge in [0.1, 0.15) is 6.10 Å². The van der Waals surface area contributed by atoms with Crippen LogP contribution < -0.4 is 0 Å². The van der Waals surface area contributed by atoms with E-state index in [1.54, 1.807) is 0 Å². The van der Waals surface area contributed by atoms with E-state index in [1.165, 1.54) is 19.3 Å². The molecule has 1 saturated heterocycles. The van der Waals surface area contributed by atoms with Crippen LogP contribution in [0.1, 0.15) is 38.5 Å². The molecule has 0 bridgehead atoms. The van der Waals surface area contributed by atoms with Crippen LogP contribution in [0.25, 0.3) is 0 Å². The zero-order valence-corrected chi connectivity index (χ0v) is 8.82. The number of carbonyl (C=O) groups excluding carboxylic acids is 1. The van der Waals surface area contributed by atoms with Crippen LogP contribution >= 0.6 is 0 Å². The highest BCUT2D eigenvalue weighted by molar-refractivity contribution is 5.70. The number of hydrogen-bond donors (Lipinski definition) is 0. The molecule has 1 unspecified atom stereocenters. The predicted octanol–water partition coefficient (Wildman–Crippen LogP) is 2.05. The Balaban J connectivity index is 1.92. The zero-order chi connectivity index (χ0) is 10.7. The van der Waals surface area contributed by atoms with E-state index in [-0.39, 0.29) is 12.2 Å². The Bertz CT molecular complexity index is 279. The van der Waals surface area contributed by atoms with Gasteiger partial charge in [-0.3, -0.25) is 0 Å². The molecule has 15 heavy (non-hydrogen) atoms. The molecule has 1 saturated carbocycles. The molecule has 0 aromatic rings. The number of nitriles is 1. The SMILES string of the molecule is N#CCC1CN(C2CCCCC2)C(=O)O1. The first-order valence-electron chi connectivity index (χ1n) is 5.65. The van der Waals surface area contributed by atoms with E-state index >= 15 is 0 Å². The summed E-state index contributed by atoms with van der Waals surface area (Å²) in [5, 5.41) is 8.55. The first kappa shape index (κ1) is 10.3. The Morgan fingerprint density at radius 2 is 2.13 bits per heavy atom. The van der Waals surface area contributed by atoms with Crippen molar-refractivity contribution >= 4 is 6.09 Å². The Labute approximate surface area is 89.8 Å². The van der Waals surface area contributed by atoms with E-state index in [2.05, 4.69) is 0 Å².